The molecule has 0 aromatic rings. The van der Waals surface area contributed by atoms with Crippen LogP contribution in [0.4, 0.5) is 0 Å². The Morgan fingerprint density at radius 1 is 1.38 bits per heavy atom. The molecule has 0 heterocycles. The summed E-state index contributed by atoms with van der Waals surface area (Å²) in [4.78, 5) is 2.34. The van der Waals surface area contributed by atoms with Crippen molar-refractivity contribution in [3.63, 3.8) is 0 Å². The number of aliphatic hydroxyl groups is 1. The van der Waals surface area contributed by atoms with Gasteiger partial charge in [0.05, 0.1) is 0 Å². The SMILES string of the molecule is CN(C)C1(CNCCCO)CCC1. The molecule has 0 aromatic heterocycles. The summed E-state index contributed by atoms with van der Waals surface area (Å²) < 4.78 is 0. The minimum atomic E-state index is 0.294. The summed E-state index contributed by atoms with van der Waals surface area (Å²) in [6.45, 7) is 2.30. The quantitative estimate of drug-likeness (QED) is 0.591. The lowest BCUT2D eigenvalue weighted by molar-refractivity contribution is 0.0599. The van der Waals surface area contributed by atoms with Gasteiger partial charge >= 0.3 is 0 Å². The van der Waals surface area contributed by atoms with Gasteiger partial charge in [0, 0.05) is 18.7 Å². The molecule has 1 saturated carbocycles. The fourth-order valence-corrected chi connectivity index (χ4v) is 1.89. The Bertz CT molecular complexity index is 144. The Labute approximate surface area is 81.1 Å². The van der Waals surface area contributed by atoms with Crippen molar-refractivity contribution in [1.82, 2.24) is 10.2 Å². The van der Waals surface area contributed by atoms with E-state index in [0.29, 0.717) is 12.1 Å². The average Bonchev–Trinajstić information content (AvgIpc) is 2.01. The molecule has 0 unspecified atom stereocenters. The summed E-state index contributed by atoms with van der Waals surface area (Å²) in [6.07, 6.45) is 4.85. The summed E-state index contributed by atoms with van der Waals surface area (Å²) >= 11 is 0. The molecular weight excluding hydrogens is 164 g/mol. The van der Waals surface area contributed by atoms with E-state index in [0.717, 1.165) is 19.5 Å². The molecule has 0 saturated heterocycles. The van der Waals surface area contributed by atoms with Crippen LogP contribution in [0.5, 0.6) is 0 Å². The predicted molar refractivity (Wildman–Crippen MR) is 54.8 cm³/mol. The zero-order chi connectivity index (χ0) is 9.73. The molecule has 0 atom stereocenters. The molecule has 0 radical (unpaired) electrons. The highest BCUT2D eigenvalue weighted by molar-refractivity contribution is 4.97. The van der Waals surface area contributed by atoms with Gasteiger partial charge in [0.15, 0.2) is 0 Å². The molecule has 1 aliphatic rings. The second kappa shape index (κ2) is 4.94. The fourth-order valence-electron chi connectivity index (χ4n) is 1.89. The topological polar surface area (TPSA) is 35.5 Å². The lowest BCUT2D eigenvalue weighted by Gasteiger charge is -2.47. The van der Waals surface area contributed by atoms with Crippen molar-refractivity contribution in [2.24, 2.45) is 0 Å². The van der Waals surface area contributed by atoms with Crippen LogP contribution < -0.4 is 5.32 Å². The van der Waals surface area contributed by atoms with Crippen LogP contribution in [-0.4, -0.2) is 49.3 Å². The summed E-state index contributed by atoms with van der Waals surface area (Å²) in [5.74, 6) is 0. The van der Waals surface area contributed by atoms with Crippen molar-refractivity contribution in [3.05, 3.63) is 0 Å². The van der Waals surface area contributed by atoms with E-state index >= 15 is 0 Å². The third-order valence-corrected chi connectivity index (χ3v) is 3.20. The Balaban J connectivity index is 2.17. The normalized spacial score (nSPS) is 20.3. The number of aliphatic hydroxyl groups excluding tert-OH is 1. The number of hydrogen-bond donors (Lipinski definition) is 2. The molecule has 0 bridgehead atoms. The van der Waals surface area contributed by atoms with E-state index in [9.17, 15) is 0 Å². The minimum Gasteiger partial charge on any atom is -0.396 e. The van der Waals surface area contributed by atoms with Gasteiger partial charge in [-0.15, -0.1) is 0 Å². The van der Waals surface area contributed by atoms with Gasteiger partial charge in [-0.2, -0.15) is 0 Å². The highest BCUT2D eigenvalue weighted by atomic mass is 16.3. The van der Waals surface area contributed by atoms with Crippen LogP contribution >= 0.6 is 0 Å². The monoisotopic (exact) mass is 186 g/mol. The fraction of sp³-hybridized carbons (Fsp3) is 1.00. The molecule has 1 aliphatic carbocycles. The Hall–Kier alpha value is -0.120. The Morgan fingerprint density at radius 3 is 2.46 bits per heavy atom. The van der Waals surface area contributed by atoms with Gasteiger partial charge in [0.25, 0.3) is 0 Å². The molecule has 0 amide bonds. The van der Waals surface area contributed by atoms with Gasteiger partial charge in [-0.1, -0.05) is 0 Å². The lowest BCUT2D eigenvalue weighted by atomic mass is 9.75. The molecule has 1 rings (SSSR count). The molecule has 0 spiro atoms. The predicted octanol–water partition coefficient (Wildman–Crippen LogP) is 0.443. The summed E-state index contributed by atoms with van der Waals surface area (Å²) in [5, 5.41) is 12.0. The highest BCUT2D eigenvalue weighted by Crippen LogP contribution is 2.35. The molecule has 3 heteroatoms. The first-order valence-electron chi connectivity index (χ1n) is 5.20. The smallest absolute Gasteiger partial charge is 0.0443 e. The van der Waals surface area contributed by atoms with Crippen LogP contribution in [0.15, 0.2) is 0 Å². The van der Waals surface area contributed by atoms with Gasteiger partial charge in [0.2, 0.25) is 0 Å². The van der Waals surface area contributed by atoms with Gasteiger partial charge in [-0.3, -0.25) is 0 Å². The van der Waals surface area contributed by atoms with Crippen molar-refractivity contribution >= 4 is 0 Å². The van der Waals surface area contributed by atoms with Crippen LogP contribution in [0.2, 0.25) is 0 Å². The van der Waals surface area contributed by atoms with Gasteiger partial charge in [-0.05, 0) is 46.3 Å². The molecule has 2 N–H and O–H groups in total. The van der Waals surface area contributed by atoms with Gasteiger partial charge in [0.1, 0.15) is 0 Å². The van der Waals surface area contributed by atoms with E-state index in [1.54, 1.807) is 0 Å². The maximum absolute atomic E-state index is 8.63. The van der Waals surface area contributed by atoms with Crippen molar-refractivity contribution < 1.29 is 5.11 Å². The van der Waals surface area contributed by atoms with E-state index < -0.39 is 0 Å². The molecule has 0 aliphatic heterocycles. The van der Waals surface area contributed by atoms with E-state index in [2.05, 4.69) is 24.3 Å². The van der Waals surface area contributed by atoms with E-state index in [1.807, 2.05) is 0 Å². The number of likely N-dealkylation sites (N-methyl/N-ethyl adjacent to an activating group) is 1. The van der Waals surface area contributed by atoms with E-state index in [4.69, 9.17) is 5.11 Å². The Morgan fingerprint density at radius 2 is 2.08 bits per heavy atom. The van der Waals surface area contributed by atoms with Gasteiger partial charge < -0.3 is 15.3 Å². The number of hydrogen-bond acceptors (Lipinski definition) is 3. The van der Waals surface area contributed by atoms with Crippen molar-refractivity contribution in [3.8, 4) is 0 Å². The first kappa shape index (κ1) is 11.0. The minimum absolute atomic E-state index is 0.294. The third-order valence-electron chi connectivity index (χ3n) is 3.20. The van der Waals surface area contributed by atoms with Crippen LogP contribution in [0.1, 0.15) is 25.7 Å². The van der Waals surface area contributed by atoms with Crippen molar-refractivity contribution in [2.45, 2.75) is 31.2 Å². The van der Waals surface area contributed by atoms with Crippen molar-refractivity contribution in [2.75, 3.05) is 33.8 Å². The van der Waals surface area contributed by atoms with E-state index in [1.165, 1.54) is 19.3 Å². The van der Waals surface area contributed by atoms with Crippen molar-refractivity contribution in [1.29, 1.82) is 0 Å². The standard InChI is InChI=1S/C10H22N2O/c1-12(2)10(5-3-6-10)9-11-7-4-8-13/h11,13H,3-9H2,1-2H3. The van der Waals surface area contributed by atoms with Gasteiger partial charge in [-0.25, -0.2) is 0 Å². The van der Waals surface area contributed by atoms with Crippen LogP contribution in [0.25, 0.3) is 0 Å². The lowest BCUT2D eigenvalue weighted by Crippen LogP contribution is -2.56. The molecule has 0 aromatic carbocycles. The zero-order valence-electron chi connectivity index (χ0n) is 8.84. The summed E-state index contributed by atoms with van der Waals surface area (Å²) in [6, 6.07) is 0. The van der Waals surface area contributed by atoms with Crippen LogP contribution in [-0.2, 0) is 0 Å². The summed E-state index contributed by atoms with van der Waals surface area (Å²) in [7, 11) is 4.32. The summed E-state index contributed by atoms with van der Waals surface area (Å²) in [5.41, 5.74) is 0.412. The van der Waals surface area contributed by atoms with E-state index in [-0.39, 0.29) is 0 Å². The number of nitrogens with one attached hydrogen (secondary N) is 1. The maximum Gasteiger partial charge on any atom is 0.0443 e. The zero-order valence-corrected chi connectivity index (χ0v) is 8.84. The number of nitrogens with zero attached hydrogens (tertiary/aromatic N) is 1. The highest BCUT2D eigenvalue weighted by Gasteiger charge is 2.38. The average molecular weight is 186 g/mol. The first-order valence-corrected chi connectivity index (χ1v) is 5.20. The second-order valence-electron chi connectivity index (χ2n) is 4.23. The maximum atomic E-state index is 8.63. The largest absolute Gasteiger partial charge is 0.396 e. The molecule has 13 heavy (non-hydrogen) atoms. The molecular formula is C10H22N2O. The molecule has 3 nitrogen and oxygen atoms in total. The Kier molecular flexibility index (Phi) is 4.16. The van der Waals surface area contributed by atoms with Crippen LogP contribution in [0, 0.1) is 0 Å². The molecule has 1 fully saturated rings. The third kappa shape index (κ3) is 2.66. The first-order chi connectivity index (χ1) is 6.21. The van der Waals surface area contributed by atoms with Crippen LogP contribution in [0.3, 0.4) is 0 Å². The number of rotatable bonds is 6. The molecule has 78 valence electrons. The second-order valence-corrected chi connectivity index (χ2v) is 4.23.